The van der Waals surface area contributed by atoms with Gasteiger partial charge in [0.2, 0.25) is 0 Å². The van der Waals surface area contributed by atoms with Crippen LogP contribution in [0.3, 0.4) is 0 Å². The highest BCUT2D eigenvalue weighted by Crippen LogP contribution is 2.42. The molecule has 1 atom stereocenters. The van der Waals surface area contributed by atoms with E-state index in [1.165, 1.54) is 33.8 Å². The fourth-order valence-electron chi connectivity index (χ4n) is 4.48. The van der Waals surface area contributed by atoms with Crippen LogP contribution >= 0.6 is 11.3 Å². The molecule has 1 aliphatic heterocycles. The lowest BCUT2D eigenvalue weighted by Gasteiger charge is -2.30. The fourth-order valence-corrected chi connectivity index (χ4v) is 5.35. The van der Waals surface area contributed by atoms with E-state index in [9.17, 15) is 0 Å². The van der Waals surface area contributed by atoms with E-state index >= 15 is 0 Å². The molecule has 0 aromatic carbocycles. The van der Waals surface area contributed by atoms with Crippen molar-refractivity contribution in [1.29, 1.82) is 0 Å². The van der Waals surface area contributed by atoms with Gasteiger partial charge in [0.15, 0.2) is 5.82 Å². The Kier molecular flexibility index (Phi) is 5.04. The van der Waals surface area contributed by atoms with Gasteiger partial charge in [-0.3, -0.25) is 9.67 Å². The van der Waals surface area contributed by atoms with Crippen LogP contribution in [0.4, 0.5) is 11.5 Å². The Labute approximate surface area is 165 Å². The number of anilines is 2. The van der Waals surface area contributed by atoms with Gasteiger partial charge in [-0.15, -0.1) is 11.3 Å². The monoisotopic (exact) mass is 380 g/mol. The van der Waals surface area contributed by atoms with Crippen molar-refractivity contribution in [2.75, 3.05) is 11.4 Å². The predicted octanol–water partition coefficient (Wildman–Crippen LogP) is 5.51. The number of hydrogen-bond acceptors (Lipinski definition) is 4. The number of fused-ring (bicyclic) bond motifs is 1. The minimum Gasteiger partial charge on any atom is -0.323 e. The van der Waals surface area contributed by atoms with Crippen LogP contribution in [0.15, 0.2) is 29.8 Å². The highest BCUT2D eigenvalue weighted by atomic mass is 32.1. The topological polar surface area (TPSA) is 34.0 Å². The second-order valence-electron chi connectivity index (χ2n) is 7.48. The van der Waals surface area contributed by atoms with Crippen molar-refractivity contribution >= 4 is 22.8 Å². The Morgan fingerprint density at radius 2 is 2.11 bits per heavy atom. The van der Waals surface area contributed by atoms with Gasteiger partial charge in [-0.2, -0.15) is 5.10 Å². The van der Waals surface area contributed by atoms with Gasteiger partial charge in [-0.1, -0.05) is 19.4 Å². The first-order valence-corrected chi connectivity index (χ1v) is 10.8. The fraction of sp³-hybridized carbons (Fsp3) is 0.455. The van der Waals surface area contributed by atoms with Crippen molar-refractivity contribution in [3.05, 3.63) is 57.2 Å². The summed E-state index contributed by atoms with van der Waals surface area (Å²) in [5, 5.41) is 7.21. The Morgan fingerprint density at radius 1 is 1.26 bits per heavy atom. The van der Waals surface area contributed by atoms with E-state index in [2.05, 4.69) is 66.0 Å². The van der Waals surface area contributed by atoms with Crippen LogP contribution in [0, 0.1) is 13.8 Å². The molecule has 0 saturated heterocycles. The molecular formula is C22H28N4S. The van der Waals surface area contributed by atoms with E-state index in [4.69, 9.17) is 5.10 Å². The number of pyridine rings is 1. The first-order valence-electron chi connectivity index (χ1n) is 9.90. The number of aryl methyl sites for hydroxylation is 3. The molecule has 0 amide bonds. The molecule has 0 saturated carbocycles. The van der Waals surface area contributed by atoms with Gasteiger partial charge < -0.3 is 4.90 Å². The zero-order valence-corrected chi connectivity index (χ0v) is 17.5. The van der Waals surface area contributed by atoms with Crippen molar-refractivity contribution in [3.63, 3.8) is 0 Å². The SMILES string of the molecule is CCCC(c1cccs1)c1c2c(nn1C)N(c1c(C)ccnc1C)CCC2. The molecule has 4 rings (SSSR count). The summed E-state index contributed by atoms with van der Waals surface area (Å²) in [7, 11) is 2.12. The maximum atomic E-state index is 5.02. The number of hydrogen-bond donors (Lipinski definition) is 0. The molecule has 1 aliphatic rings. The van der Waals surface area contributed by atoms with Crippen LogP contribution in [0.1, 0.15) is 59.5 Å². The van der Waals surface area contributed by atoms with Gasteiger partial charge in [-0.05, 0) is 56.2 Å². The highest BCUT2D eigenvalue weighted by Gasteiger charge is 2.31. The average molecular weight is 381 g/mol. The van der Waals surface area contributed by atoms with Crippen LogP contribution in [0.5, 0.6) is 0 Å². The van der Waals surface area contributed by atoms with Crippen molar-refractivity contribution in [1.82, 2.24) is 14.8 Å². The predicted molar refractivity (Wildman–Crippen MR) is 113 cm³/mol. The molecule has 4 heterocycles. The lowest BCUT2D eigenvalue weighted by Crippen LogP contribution is -2.26. The van der Waals surface area contributed by atoms with E-state index < -0.39 is 0 Å². The number of nitrogens with zero attached hydrogens (tertiary/aromatic N) is 4. The summed E-state index contributed by atoms with van der Waals surface area (Å²) in [4.78, 5) is 8.40. The molecule has 0 aliphatic carbocycles. The van der Waals surface area contributed by atoms with E-state index in [0.717, 1.165) is 37.3 Å². The summed E-state index contributed by atoms with van der Waals surface area (Å²) in [6, 6.07) is 6.55. The van der Waals surface area contributed by atoms with E-state index in [0.29, 0.717) is 5.92 Å². The largest absolute Gasteiger partial charge is 0.323 e. The first-order chi connectivity index (χ1) is 13.1. The Balaban J connectivity index is 1.84. The zero-order chi connectivity index (χ0) is 19.0. The van der Waals surface area contributed by atoms with E-state index in [1.807, 2.05) is 17.5 Å². The number of rotatable bonds is 5. The molecule has 4 nitrogen and oxygen atoms in total. The first kappa shape index (κ1) is 18.2. The van der Waals surface area contributed by atoms with Crippen molar-refractivity contribution in [3.8, 4) is 0 Å². The van der Waals surface area contributed by atoms with Gasteiger partial charge in [0.25, 0.3) is 0 Å². The summed E-state index contributed by atoms with van der Waals surface area (Å²) in [6.45, 7) is 7.56. The normalized spacial score (nSPS) is 15.0. The lowest BCUT2D eigenvalue weighted by molar-refractivity contribution is 0.619. The van der Waals surface area contributed by atoms with Crippen LogP contribution < -0.4 is 4.90 Å². The Morgan fingerprint density at radius 3 is 2.81 bits per heavy atom. The molecule has 3 aromatic heterocycles. The second kappa shape index (κ2) is 7.47. The molecule has 0 bridgehead atoms. The summed E-state index contributed by atoms with van der Waals surface area (Å²) in [6.07, 6.45) is 6.50. The molecule has 0 radical (unpaired) electrons. The number of aromatic nitrogens is 3. The van der Waals surface area contributed by atoms with Crippen LogP contribution in [-0.4, -0.2) is 21.3 Å². The quantitative estimate of drug-likeness (QED) is 0.585. The van der Waals surface area contributed by atoms with E-state index in [1.54, 1.807) is 0 Å². The number of thiophene rings is 1. The van der Waals surface area contributed by atoms with Crippen molar-refractivity contribution < 1.29 is 0 Å². The van der Waals surface area contributed by atoms with Gasteiger partial charge >= 0.3 is 0 Å². The maximum absolute atomic E-state index is 5.02. The van der Waals surface area contributed by atoms with Crippen LogP contribution in [0.25, 0.3) is 0 Å². The third kappa shape index (κ3) is 3.18. The molecule has 142 valence electrons. The molecule has 27 heavy (non-hydrogen) atoms. The Bertz CT molecular complexity index is 906. The summed E-state index contributed by atoms with van der Waals surface area (Å²) in [5.41, 5.74) is 6.41. The molecule has 0 N–H and O–H groups in total. The summed E-state index contributed by atoms with van der Waals surface area (Å²) in [5.74, 6) is 1.57. The molecule has 5 heteroatoms. The van der Waals surface area contributed by atoms with Crippen molar-refractivity contribution in [2.24, 2.45) is 7.05 Å². The third-order valence-corrected chi connectivity index (χ3v) is 6.60. The molecule has 0 spiro atoms. The lowest BCUT2D eigenvalue weighted by atomic mass is 9.91. The maximum Gasteiger partial charge on any atom is 0.158 e. The van der Waals surface area contributed by atoms with Gasteiger partial charge in [0.1, 0.15) is 0 Å². The minimum absolute atomic E-state index is 0.437. The Hall–Kier alpha value is -2.14. The smallest absolute Gasteiger partial charge is 0.158 e. The second-order valence-corrected chi connectivity index (χ2v) is 8.46. The molecule has 0 fully saturated rings. The van der Waals surface area contributed by atoms with Gasteiger partial charge in [-0.25, -0.2) is 0 Å². The summed E-state index contributed by atoms with van der Waals surface area (Å²) >= 11 is 1.87. The highest BCUT2D eigenvalue weighted by molar-refractivity contribution is 7.10. The standard InChI is InChI=1S/C22H28N4S/c1-5-8-17(19-10-7-14-27-19)21-18-9-6-13-26(22(18)24-25(21)4)20-15(2)11-12-23-16(20)3/h7,10-12,14,17H,5-6,8-9,13H2,1-4H3. The van der Waals surface area contributed by atoms with Gasteiger partial charge in [0, 0.05) is 36.1 Å². The van der Waals surface area contributed by atoms with E-state index in [-0.39, 0.29) is 0 Å². The van der Waals surface area contributed by atoms with Crippen LogP contribution in [0.2, 0.25) is 0 Å². The third-order valence-electron chi connectivity index (χ3n) is 5.61. The van der Waals surface area contributed by atoms with Gasteiger partial charge in [0.05, 0.1) is 17.1 Å². The minimum atomic E-state index is 0.437. The average Bonchev–Trinajstić information content (AvgIpc) is 3.28. The zero-order valence-electron chi connectivity index (χ0n) is 16.7. The van der Waals surface area contributed by atoms with Crippen LogP contribution in [-0.2, 0) is 13.5 Å². The molecule has 3 aromatic rings. The molecular weight excluding hydrogens is 352 g/mol. The van der Waals surface area contributed by atoms with Crippen molar-refractivity contribution in [2.45, 2.75) is 52.4 Å². The molecule has 1 unspecified atom stereocenters. The summed E-state index contributed by atoms with van der Waals surface area (Å²) < 4.78 is 2.14.